The van der Waals surface area contributed by atoms with Gasteiger partial charge >= 0.3 is 17.9 Å². The van der Waals surface area contributed by atoms with Crippen LogP contribution in [-0.4, -0.2) is 37.2 Å². The molecule has 0 rings (SSSR count). The predicted molar refractivity (Wildman–Crippen MR) is 238 cm³/mol. The molecule has 0 amide bonds. The van der Waals surface area contributed by atoms with Crippen LogP contribution in [0.2, 0.25) is 0 Å². The molecule has 0 aliphatic heterocycles. The summed E-state index contributed by atoms with van der Waals surface area (Å²) in [6, 6.07) is 0. The van der Waals surface area contributed by atoms with Crippen molar-refractivity contribution in [3.63, 3.8) is 0 Å². The monoisotopic (exact) mass is 787 g/mol. The number of esters is 3. The minimum atomic E-state index is -0.769. The molecule has 0 saturated carbocycles. The molecule has 0 aliphatic rings. The van der Waals surface area contributed by atoms with Crippen LogP contribution in [0.4, 0.5) is 0 Å². The maximum atomic E-state index is 12.7. The van der Waals surface area contributed by atoms with Gasteiger partial charge in [0.25, 0.3) is 0 Å². The topological polar surface area (TPSA) is 78.9 Å². The Morgan fingerprint density at radius 3 is 1.04 bits per heavy atom. The zero-order valence-corrected chi connectivity index (χ0v) is 37.2. The smallest absolute Gasteiger partial charge is 0.306 e. The Kier molecular flexibility index (Phi) is 43.4. The van der Waals surface area contributed by atoms with Crippen molar-refractivity contribution in [1.29, 1.82) is 0 Å². The first kappa shape index (κ1) is 53.6. The van der Waals surface area contributed by atoms with Crippen LogP contribution in [0.5, 0.6) is 0 Å². The number of allylic oxidation sites excluding steroid dienone is 6. The molecule has 0 spiro atoms. The number of carbonyl (C=O) groups is 3. The summed E-state index contributed by atoms with van der Waals surface area (Å²) in [5.74, 6) is -0.888. The maximum absolute atomic E-state index is 12.7. The molecule has 0 aromatic rings. The van der Waals surface area contributed by atoms with E-state index in [1.165, 1.54) is 128 Å². The van der Waals surface area contributed by atoms with Crippen molar-refractivity contribution in [3.05, 3.63) is 36.5 Å². The Morgan fingerprint density at radius 2 is 0.643 bits per heavy atom. The Hall–Kier alpha value is -2.37. The Morgan fingerprint density at radius 1 is 0.357 bits per heavy atom. The van der Waals surface area contributed by atoms with E-state index >= 15 is 0 Å². The maximum Gasteiger partial charge on any atom is 0.306 e. The van der Waals surface area contributed by atoms with Crippen LogP contribution in [0.25, 0.3) is 0 Å². The van der Waals surface area contributed by atoms with E-state index < -0.39 is 6.10 Å². The van der Waals surface area contributed by atoms with Crippen molar-refractivity contribution >= 4 is 17.9 Å². The van der Waals surface area contributed by atoms with Gasteiger partial charge in [0.2, 0.25) is 0 Å². The standard InChI is InChI=1S/C50H90O6/c1-4-7-10-13-16-18-20-22-23-24-25-26-27-28-30-31-34-37-40-43-49(52)55-46-47(45-54-48(51)42-39-36-33-15-12-9-6-3)56-50(53)44-41-38-35-32-29-21-19-17-14-11-8-5-2/h16,18,22-23,25-26,47H,4-15,17,19-21,24,27-46H2,1-3H3/b18-16-,23-22-,26-25-. The lowest BCUT2D eigenvalue weighted by molar-refractivity contribution is -0.167. The molecule has 6 nitrogen and oxygen atoms in total. The second kappa shape index (κ2) is 45.3. The molecule has 0 aliphatic carbocycles. The molecule has 0 fully saturated rings. The fourth-order valence-electron chi connectivity index (χ4n) is 6.74. The second-order valence-corrected chi connectivity index (χ2v) is 16.0. The second-order valence-electron chi connectivity index (χ2n) is 16.0. The molecule has 0 aromatic carbocycles. The highest BCUT2D eigenvalue weighted by atomic mass is 16.6. The summed E-state index contributed by atoms with van der Waals surface area (Å²) in [4.78, 5) is 37.6. The van der Waals surface area contributed by atoms with E-state index in [0.29, 0.717) is 19.3 Å². The molecule has 1 atom stereocenters. The van der Waals surface area contributed by atoms with Crippen LogP contribution in [0, 0.1) is 0 Å². The molecule has 0 aromatic heterocycles. The third kappa shape index (κ3) is 42.8. The van der Waals surface area contributed by atoms with E-state index in [1.54, 1.807) is 0 Å². The number of ether oxygens (including phenoxy) is 3. The molecule has 1 unspecified atom stereocenters. The summed E-state index contributed by atoms with van der Waals surface area (Å²) in [5, 5.41) is 0. The summed E-state index contributed by atoms with van der Waals surface area (Å²) in [7, 11) is 0. The number of carbonyl (C=O) groups excluding carboxylic acids is 3. The Labute approximate surface area is 346 Å². The van der Waals surface area contributed by atoms with Gasteiger partial charge in [0.15, 0.2) is 6.10 Å². The Balaban J connectivity index is 4.26. The van der Waals surface area contributed by atoms with Crippen LogP contribution >= 0.6 is 0 Å². The average molecular weight is 787 g/mol. The lowest BCUT2D eigenvalue weighted by Gasteiger charge is -2.18. The van der Waals surface area contributed by atoms with Gasteiger partial charge in [-0.15, -0.1) is 0 Å². The fourth-order valence-corrected chi connectivity index (χ4v) is 6.74. The minimum Gasteiger partial charge on any atom is -0.462 e. The van der Waals surface area contributed by atoms with E-state index in [0.717, 1.165) is 77.0 Å². The normalized spacial score (nSPS) is 12.3. The largest absolute Gasteiger partial charge is 0.462 e. The molecule has 0 bridgehead atoms. The molecule has 0 N–H and O–H groups in total. The highest BCUT2D eigenvalue weighted by molar-refractivity contribution is 5.71. The number of unbranched alkanes of at least 4 members (excludes halogenated alkanes) is 26. The quantitative estimate of drug-likeness (QED) is 0.0265. The third-order valence-electron chi connectivity index (χ3n) is 10.4. The molecule has 0 heterocycles. The molecule has 0 saturated heterocycles. The third-order valence-corrected chi connectivity index (χ3v) is 10.4. The van der Waals surface area contributed by atoms with Gasteiger partial charge in [-0.2, -0.15) is 0 Å². The Bertz CT molecular complexity index is 953. The summed E-state index contributed by atoms with van der Waals surface area (Å²) in [6.45, 7) is 6.56. The van der Waals surface area contributed by atoms with Crippen LogP contribution < -0.4 is 0 Å². The van der Waals surface area contributed by atoms with Crippen LogP contribution in [0.3, 0.4) is 0 Å². The average Bonchev–Trinajstić information content (AvgIpc) is 3.19. The highest BCUT2D eigenvalue weighted by Crippen LogP contribution is 2.15. The summed E-state index contributed by atoms with van der Waals surface area (Å²) in [6.07, 6.45) is 51.3. The first-order valence-electron chi connectivity index (χ1n) is 24.0. The van der Waals surface area contributed by atoms with E-state index in [2.05, 4.69) is 57.2 Å². The van der Waals surface area contributed by atoms with Gasteiger partial charge in [-0.25, -0.2) is 0 Å². The SMILES string of the molecule is CCCCC/C=C\C/C=C\C/C=C\CCCCCCCCC(=O)OCC(COC(=O)CCCCCCCCC)OC(=O)CCCCCCCCCCCCCC. The van der Waals surface area contributed by atoms with E-state index in [4.69, 9.17) is 14.2 Å². The van der Waals surface area contributed by atoms with Crippen molar-refractivity contribution in [3.8, 4) is 0 Å². The predicted octanol–water partition coefficient (Wildman–Crippen LogP) is 15.4. The fraction of sp³-hybridized carbons (Fsp3) is 0.820. The minimum absolute atomic E-state index is 0.0739. The van der Waals surface area contributed by atoms with Crippen LogP contribution in [0.15, 0.2) is 36.5 Å². The molecular weight excluding hydrogens is 697 g/mol. The lowest BCUT2D eigenvalue weighted by atomic mass is 10.0. The molecule has 326 valence electrons. The lowest BCUT2D eigenvalue weighted by Crippen LogP contribution is -2.30. The van der Waals surface area contributed by atoms with Gasteiger partial charge in [-0.05, 0) is 57.8 Å². The molecule has 6 heteroatoms. The van der Waals surface area contributed by atoms with Gasteiger partial charge in [0, 0.05) is 19.3 Å². The zero-order chi connectivity index (χ0) is 40.8. The van der Waals surface area contributed by atoms with E-state index in [1.807, 2.05) is 0 Å². The first-order valence-corrected chi connectivity index (χ1v) is 24.0. The van der Waals surface area contributed by atoms with Crippen LogP contribution in [0.1, 0.15) is 245 Å². The van der Waals surface area contributed by atoms with Gasteiger partial charge < -0.3 is 14.2 Å². The van der Waals surface area contributed by atoms with Crippen molar-refractivity contribution in [2.45, 2.75) is 252 Å². The highest BCUT2D eigenvalue weighted by Gasteiger charge is 2.19. The van der Waals surface area contributed by atoms with Gasteiger partial charge in [0.05, 0.1) is 0 Å². The van der Waals surface area contributed by atoms with Gasteiger partial charge in [0.1, 0.15) is 13.2 Å². The van der Waals surface area contributed by atoms with Crippen LogP contribution in [-0.2, 0) is 28.6 Å². The van der Waals surface area contributed by atoms with E-state index in [9.17, 15) is 14.4 Å². The van der Waals surface area contributed by atoms with Crippen molar-refractivity contribution in [2.75, 3.05) is 13.2 Å². The number of rotatable bonds is 43. The first-order chi connectivity index (χ1) is 27.5. The summed E-state index contributed by atoms with van der Waals surface area (Å²) in [5.41, 5.74) is 0. The van der Waals surface area contributed by atoms with Gasteiger partial charge in [-0.3, -0.25) is 14.4 Å². The summed E-state index contributed by atoms with van der Waals surface area (Å²) < 4.78 is 16.7. The van der Waals surface area contributed by atoms with Gasteiger partial charge in [-0.1, -0.05) is 205 Å². The van der Waals surface area contributed by atoms with E-state index in [-0.39, 0.29) is 31.1 Å². The number of hydrogen-bond acceptors (Lipinski definition) is 6. The number of hydrogen-bond donors (Lipinski definition) is 0. The van der Waals surface area contributed by atoms with Crippen molar-refractivity contribution in [2.24, 2.45) is 0 Å². The van der Waals surface area contributed by atoms with Crippen molar-refractivity contribution in [1.82, 2.24) is 0 Å². The van der Waals surface area contributed by atoms with Crippen molar-refractivity contribution < 1.29 is 28.6 Å². The zero-order valence-electron chi connectivity index (χ0n) is 37.2. The summed E-state index contributed by atoms with van der Waals surface area (Å²) >= 11 is 0. The molecule has 0 radical (unpaired) electrons. The molecule has 56 heavy (non-hydrogen) atoms. The molecular formula is C50H90O6.